The molecular weight excluding hydrogens is 309 g/mol. The highest BCUT2D eigenvalue weighted by Gasteiger charge is 2.15. The quantitative estimate of drug-likeness (QED) is 0.591. The van der Waals surface area contributed by atoms with E-state index < -0.39 is 0 Å². The molecule has 0 fully saturated rings. The number of nitrogens with zero attached hydrogens (tertiary/aromatic N) is 1. The van der Waals surface area contributed by atoms with Crippen molar-refractivity contribution in [3.05, 3.63) is 57.6 Å². The summed E-state index contributed by atoms with van der Waals surface area (Å²) in [5, 5.41) is 10.4. The van der Waals surface area contributed by atoms with E-state index in [1.54, 1.807) is 42.5 Å². The normalized spacial score (nSPS) is 13.1. The lowest BCUT2D eigenvalue weighted by Gasteiger charge is -2.05. The summed E-state index contributed by atoms with van der Waals surface area (Å²) in [6.45, 7) is 0.195. The molecule has 0 radical (unpaired) electrons. The predicted octanol–water partition coefficient (Wildman–Crippen LogP) is 4.79. The number of hydrogen-bond acceptors (Lipinski definition) is 3. The maximum Gasteiger partial charge on any atom is 0.231 e. The second-order valence-electron chi connectivity index (χ2n) is 4.37. The number of nitriles is 1. The van der Waals surface area contributed by atoms with Crippen LogP contribution in [0.5, 0.6) is 11.5 Å². The van der Waals surface area contributed by atoms with Gasteiger partial charge >= 0.3 is 0 Å². The van der Waals surface area contributed by atoms with Crippen molar-refractivity contribution in [1.29, 1.82) is 5.26 Å². The summed E-state index contributed by atoms with van der Waals surface area (Å²) < 4.78 is 10.6. The first kappa shape index (κ1) is 13.8. The molecule has 1 aliphatic heterocycles. The van der Waals surface area contributed by atoms with E-state index in [4.69, 9.17) is 32.7 Å². The zero-order valence-electron chi connectivity index (χ0n) is 10.8. The summed E-state index contributed by atoms with van der Waals surface area (Å²) in [6, 6.07) is 12.7. The highest BCUT2D eigenvalue weighted by Crippen LogP contribution is 2.35. The molecule has 0 saturated heterocycles. The first-order valence-corrected chi connectivity index (χ1v) is 6.90. The molecule has 2 aromatic carbocycles. The minimum Gasteiger partial charge on any atom is -0.454 e. The van der Waals surface area contributed by atoms with Crippen molar-refractivity contribution in [3.8, 4) is 17.6 Å². The zero-order chi connectivity index (χ0) is 14.8. The van der Waals surface area contributed by atoms with Gasteiger partial charge in [-0.15, -0.1) is 0 Å². The van der Waals surface area contributed by atoms with Gasteiger partial charge in [-0.05, 0) is 42.0 Å². The predicted molar refractivity (Wildman–Crippen MR) is 82.5 cm³/mol. The number of halogens is 2. The Bertz CT molecular complexity index is 758. The molecule has 0 amide bonds. The monoisotopic (exact) mass is 317 g/mol. The average molecular weight is 318 g/mol. The number of hydrogen-bond donors (Lipinski definition) is 0. The van der Waals surface area contributed by atoms with Crippen molar-refractivity contribution in [3.63, 3.8) is 0 Å². The molecule has 1 heterocycles. The first-order valence-electron chi connectivity index (χ1n) is 6.15. The number of allylic oxidation sites excluding steroid dienone is 1. The third-order valence-electron chi connectivity index (χ3n) is 3.09. The number of fused-ring (bicyclic) bond motifs is 1. The van der Waals surface area contributed by atoms with E-state index in [-0.39, 0.29) is 6.79 Å². The molecule has 0 spiro atoms. The SMILES string of the molecule is N#C/C(=C\c1c(Cl)cccc1Cl)c1ccc2c(c1)OCO2. The molecule has 1 aliphatic rings. The van der Waals surface area contributed by atoms with Crippen molar-refractivity contribution < 1.29 is 9.47 Å². The standard InChI is InChI=1S/C16H9Cl2NO2/c17-13-2-1-3-14(18)12(13)6-11(8-19)10-4-5-15-16(7-10)21-9-20-15/h1-7H,9H2/b11-6+. The Morgan fingerprint density at radius 2 is 1.81 bits per heavy atom. The third kappa shape index (κ3) is 2.69. The Balaban J connectivity index is 2.07. The molecule has 104 valence electrons. The van der Waals surface area contributed by atoms with Crippen molar-refractivity contribution in [1.82, 2.24) is 0 Å². The summed E-state index contributed by atoms with van der Waals surface area (Å²) in [7, 11) is 0. The van der Waals surface area contributed by atoms with E-state index in [0.717, 1.165) is 5.56 Å². The summed E-state index contributed by atoms with van der Waals surface area (Å²) in [4.78, 5) is 0. The molecule has 0 atom stereocenters. The Morgan fingerprint density at radius 1 is 1.10 bits per heavy atom. The summed E-state index contributed by atoms with van der Waals surface area (Å²) in [5.41, 5.74) is 1.79. The van der Waals surface area contributed by atoms with Crippen LogP contribution in [0.15, 0.2) is 36.4 Å². The number of ether oxygens (including phenoxy) is 2. The molecule has 0 N–H and O–H groups in total. The van der Waals surface area contributed by atoms with Gasteiger partial charge in [0, 0.05) is 15.6 Å². The molecule has 0 saturated carbocycles. The zero-order valence-corrected chi connectivity index (χ0v) is 12.3. The Kier molecular flexibility index (Phi) is 3.74. The lowest BCUT2D eigenvalue weighted by atomic mass is 10.0. The highest BCUT2D eigenvalue weighted by molar-refractivity contribution is 6.37. The van der Waals surface area contributed by atoms with Crippen molar-refractivity contribution in [2.24, 2.45) is 0 Å². The van der Waals surface area contributed by atoms with Gasteiger partial charge in [0.2, 0.25) is 6.79 Å². The van der Waals surface area contributed by atoms with Crippen LogP contribution in [-0.2, 0) is 0 Å². The fraction of sp³-hybridized carbons (Fsp3) is 0.0625. The van der Waals surface area contributed by atoms with Gasteiger partial charge in [0.15, 0.2) is 11.5 Å². The van der Waals surface area contributed by atoms with Gasteiger partial charge < -0.3 is 9.47 Å². The van der Waals surface area contributed by atoms with E-state index in [2.05, 4.69) is 6.07 Å². The van der Waals surface area contributed by atoms with E-state index in [1.807, 2.05) is 0 Å². The fourth-order valence-electron chi connectivity index (χ4n) is 2.04. The molecule has 3 rings (SSSR count). The smallest absolute Gasteiger partial charge is 0.231 e. The fourth-order valence-corrected chi connectivity index (χ4v) is 2.54. The molecule has 0 bridgehead atoms. The van der Waals surface area contributed by atoms with E-state index in [9.17, 15) is 5.26 Å². The molecule has 2 aromatic rings. The Morgan fingerprint density at radius 3 is 2.52 bits per heavy atom. The topological polar surface area (TPSA) is 42.2 Å². The van der Waals surface area contributed by atoms with Crippen LogP contribution in [0.2, 0.25) is 10.0 Å². The second kappa shape index (κ2) is 5.69. The van der Waals surface area contributed by atoms with Gasteiger partial charge in [-0.25, -0.2) is 0 Å². The number of rotatable bonds is 2. The van der Waals surface area contributed by atoms with Crippen molar-refractivity contribution >= 4 is 34.9 Å². The van der Waals surface area contributed by atoms with Gasteiger partial charge in [-0.1, -0.05) is 29.3 Å². The highest BCUT2D eigenvalue weighted by atomic mass is 35.5. The van der Waals surface area contributed by atoms with E-state index >= 15 is 0 Å². The van der Waals surface area contributed by atoms with Gasteiger partial charge in [0.25, 0.3) is 0 Å². The van der Waals surface area contributed by atoms with Gasteiger partial charge in [0.05, 0.1) is 11.6 Å². The van der Waals surface area contributed by atoms with Gasteiger partial charge in [-0.3, -0.25) is 0 Å². The Labute approximate surface area is 131 Å². The van der Waals surface area contributed by atoms with Gasteiger partial charge in [0.1, 0.15) is 0 Å². The van der Waals surface area contributed by atoms with E-state index in [0.29, 0.717) is 32.7 Å². The second-order valence-corrected chi connectivity index (χ2v) is 5.19. The van der Waals surface area contributed by atoms with Crippen LogP contribution in [0.3, 0.4) is 0 Å². The lowest BCUT2D eigenvalue weighted by molar-refractivity contribution is 0.174. The molecule has 21 heavy (non-hydrogen) atoms. The molecular formula is C16H9Cl2NO2. The van der Waals surface area contributed by atoms with Crippen molar-refractivity contribution in [2.75, 3.05) is 6.79 Å². The first-order chi connectivity index (χ1) is 10.2. The summed E-state index contributed by atoms with van der Waals surface area (Å²) in [5.74, 6) is 1.30. The third-order valence-corrected chi connectivity index (χ3v) is 3.75. The minimum atomic E-state index is 0.195. The van der Waals surface area contributed by atoms with Crippen LogP contribution in [0.4, 0.5) is 0 Å². The lowest BCUT2D eigenvalue weighted by Crippen LogP contribution is -1.92. The molecule has 0 aromatic heterocycles. The molecule has 5 heteroatoms. The van der Waals surface area contributed by atoms with Crippen LogP contribution < -0.4 is 9.47 Å². The molecule has 0 aliphatic carbocycles. The largest absolute Gasteiger partial charge is 0.454 e. The average Bonchev–Trinajstić information content (AvgIpc) is 2.94. The van der Waals surface area contributed by atoms with Crippen LogP contribution in [0.25, 0.3) is 11.6 Å². The van der Waals surface area contributed by atoms with Crippen LogP contribution in [0.1, 0.15) is 11.1 Å². The van der Waals surface area contributed by atoms with Crippen LogP contribution >= 0.6 is 23.2 Å². The molecule has 3 nitrogen and oxygen atoms in total. The van der Waals surface area contributed by atoms with Crippen molar-refractivity contribution in [2.45, 2.75) is 0 Å². The van der Waals surface area contributed by atoms with Crippen LogP contribution in [0, 0.1) is 11.3 Å². The Hall–Kier alpha value is -2.15. The molecule has 0 unspecified atom stereocenters. The van der Waals surface area contributed by atoms with E-state index in [1.165, 1.54) is 0 Å². The maximum atomic E-state index is 9.39. The summed E-state index contributed by atoms with van der Waals surface area (Å²) in [6.07, 6.45) is 1.67. The summed E-state index contributed by atoms with van der Waals surface area (Å²) >= 11 is 12.3. The number of benzene rings is 2. The van der Waals surface area contributed by atoms with Crippen LogP contribution in [-0.4, -0.2) is 6.79 Å². The maximum absolute atomic E-state index is 9.39. The van der Waals surface area contributed by atoms with Gasteiger partial charge in [-0.2, -0.15) is 5.26 Å². The minimum absolute atomic E-state index is 0.195.